The Labute approximate surface area is 174 Å². The minimum atomic E-state index is -0.704. The molecule has 3 rings (SSSR count). The van der Waals surface area contributed by atoms with Crippen molar-refractivity contribution in [2.75, 3.05) is 6.61 Å². The van der Waals surface area contributed by atoms with Crippen LogP contribution < -0.4 is 0 Å². The highest BCUT2D eigenvalue weighted by Crippen LogP contribution is 2.23. The molecular formula is C22H25N3O5. The van der Waals surface area contributed by atoms with Gasteiger partial charge in [0.1, 0.15) is 6.54 Å². The number of hydrogen-bond acceptors (Lipinski definition) is 7. The molecule has 1 unspecified atom stereocenters. The van der Waals surface area contributed by atoms with Gasteiger partial charge < -0.3 is 18.5 Å². The van der Waals surface area contributed by atoms with E-state index in [0.29, 0.717) is 17.1 Å². The van der Waals surface area contributed by atoms with Crippen LogP contribution in [0.5, 0.6) is 0 Å². The molecule has 0 aliphatic carbocycles. The quantitative estimate of drug-likeness (QED) is 0.543. The largest absolute Gasteiger partial charge is 0.462 e. The summed E-state index contributed by atoms with van der Waals surface area (Å²) in [5.74, 6) is -0.306. The number of carbonyl (C=O) groups is 2. The molecule has 3 aromatic rings. The van der Waals surface area contributed by atoms with Gasteiger partial charge >= 0.3 is 11.9 Å². The number of benzene rings is 1. The van der Waals surface area contributed by atoms with Crippen molar-refractivity contribution in [1.29, 1.82) is 0 Å². The van der Waals surface area contributed by atoms with Crippen LogP contribution in [-0.2, 0) is 20.8 Å². The Morgan fingerprint density at radius 2 is 1.83 bits per heavy atom. The third kappa shape index (κ3) is 4.59. The Morgan fingerprint density at radius 1 is 1.13 bits per heavy atom. The molecule has 8 heteroatoms. The van der Waals surface area contributed by atoms with E-state index in [-0.39, 0.29) is 19.0 Å². The van der Waals surface area contributed by atoms with E-state index in [1.54, 1.807) is 31.4 Å². The lowest BCUT2D eigenvalue weighted by Gasteiger charge is -2.12. The molecule has 0 amide bonds. The summed E-state index contributed by atoms with van der Waals surface area (Å²) >= 11 is 0. The second-order valence-electron chi connectivity index (χ2n) is 7.03. The van der Waals surface area contributed by atoms with E-state index in [2.05, 4.69) is 10.2 Å². The van der Waals surface area contributed by atoms with Gasteiger partial charge in [-0.25, -0.2) is 4.79 Å². The van der Waals surface area contributed by atoms with Crippen molar-refractivity contribution < 1.29 is 23.5 Å². The predicted molar refractivity (Wildman–Crippen MR) is 109 cm³/mol. The number of aryl methyl sites for hydroxylation is 2. The summed E-state index contributed by atoms with van der Waals surface area (Å²) in [5, 5.41) is 8.03. The smallest absolute Gasteiger partial charge is 0.339 e. The third-order valence-corrected chi connectivity index (χ3v) is 4.75. The molecule has 0 fully saturated rings. The zero-order valence-corrected chi connectivity index (χ0v) is 17.8. The van der Waals surface area contributed by atoms with Gasteiger partial charge in [-0.3, -0.25) is 4.79 Å². The Morgan fingerprint density at radius 3 is 2.50 bits per heavy atom. The molecule has 0 bridgehead atoms. The topological polar surface area (TPSA) is 96.5 Å². The fraction of sp³-hybridized carbons (Fsp3) is 0.364. The molecular weight excluding hydrogens is 386 g/mol. The molecule has 2 aromatic heterocycles. The van der Waals surface area contributed by atoms with Gasteiger partial charge in [-0.05, 0) is 52.8 Å². The Bertz CT molecular complexity index is 1050. The van der Waals surface area contributed by atoms with Crippen molar-refractivity contribution in [3.8, 4) is 11.5 Å². The number of ether oxygens (including phenoxy) is 2. The average Bonchev–Trinajstić information content (AvgIpc) is 3.30. The zero-order chi connectivity index (χ0) is 21.8. The second-order valence-corrected chi connectivity index (χ2v) is 7.03. The monoisotopic (exact) mass is 411 g/mol. The summed E-state index contributed by atoms with van der Waals surface area (Å²) in [6.07, 6.45) is -0.704. The van der Waals surface area contributed by atoms with E-state index in [0.717, 1.165) is 16.8 Å². The molecule has 0 spiro atoms. The molecule has 0 aliphatic heterocycles. The van der Waals surface area contributed by atoms with Crippen molar-refractivity contribution in [3.05, 3.63) is 58.7 Å². The maximum Gasteiger partial charge on any atom is 0.339 e. The van der Waals surface area contributed by atoms with Crippen LogP contribution in [0.15, 0.2) is 34.7 Å². The Hall–Kier alpha value is -3.42. The van der Waals surface area contributed by atoms with Crippen molar-refractivity contribution in [2.45, 2.75) is 47.3 Å². The van der Waals surface area contributed by atoms with Gasteiger partial charge in [0.05, 0.1) is 12.2 Å². The lowest BCUT2D eigenvalue weighted by molar-refractivity contribution is -0.150. The molecule has 2 heterocycles. The minimum absolute atomic E-state index is 0.0413. The number of esters is 2. The highest BCUT2D eigenvalue weighted by atomic mass is 16.6. The van der Waals surface area contributed by atoms with Gasteiger partial charge in [-0.1, -0.05) is 17.7 Å². The first-order valence-electron chi connectivity index (χ1n) is 9.74. The van der Waals surface area contributed by atoms with Crippen molar-refractivity contribution in [1.82, 2.24) is 14.8 Å². The molecule has 8 nitrogen and oxygen atoms in total. The summed E-state index contributed by atoms with van der Waals surface area (Å²) in [6, 6.07) is 9.39. The van der Waals surface area contributed by atoms with Gasteiger partial charge in [0.2, 0.25) is 5.89 Å². The first kappa shape index (κ1) is 21.3. The molecule has 0 saturated carbocycles. The van der Waals surface area contributed by atoms with E-state index in [9.17, 15) is 9.59 Å². The number of nitrogens with zero attached hydrogens (tertiary/aromatic N) is 3. The normalized spacial score (nSPS) is 11.9. The van der Waals surface area contributed by atoms with E-state index in [1.165, 1.54) is 0 Å². The van der Waals surface area contributed by atoms with Crippen LogP contribution in [0.4, 0.5) is 0 Å². The molecule has 0 N–H and O–H groups in total. The van der Waals surface area contributed by atoms with Crippen molar-refractivity contribution in [3.63, 3.8) is 0 Å². The van der Waals surface area contributed by atoms with Crippen LogP contribution in [0, 0.1) is 20.8 Å². The maximum absolute atomic E-state index is 12.5. The summed E-state index contributed by atoms with van der Waals surface area (Å²) in [7, 11) is 0. The number of carbonyl (C=O) groups excluding carboxylic acids is 2. The summed E-state index contributed by atoms with van der Waals surface area (Å²) in [6.45, 7) is 9.24. The molecule has 0 aliphatic rings. The molecule has 1 aromatic carbocycles. The van der Waals surface area contributed by atoms with Crippen LogP contribution in [0.2, 0.25) is 0 Å². The molecule has 0 radical (unpaired) electrons. The number of rotatable bonds is 7. The molecule has 158 valence electrons. The van der Waals surface area contributed by atoms with Crippen LogP contribution >= 0.6 is 0 Å². The van der Waals surface area contributed by atoms with E-state index in [1.807, 2.05) is 38.1 Å². The van der Waals surface area contributed by atoms with Gasteiger partial charge in [0, 0.05) is 17.0 Å². The maximum atomic E-state index is 12.5. The number of aromatic nitrogens is 3. The van der Waals surface area contributed by atoms with Crippen LogP contribution in [0.1, 0.15) is 53.2 Å². The first-order valence-corrected chi connectivity index (χ1v) is 9.74. The Balaban J connectivity index is 1.67. The van der Waals surface area contributed by atoms with Crippen LogP contribution in [-0.4, -0.2) is 33.3 Å². The number of hydrogen-bond donors (Lipinski definition) is 0. The van der Waals surface area contributed by atoms with Gasteiger partial charge in [-0.2, -0.15) is 0 Å². The summed E-state index contributed by atoms with van der Waals surface area (Å²) in [5.41, 5.74) is 3.77. The average molecular weight is 411 g/mol. The lowest BCUT2D eigenvalue weighted by Crippen LogP contribution is -2.18. The fourth-order valence-electron chi connectivity index (χ4n) is 3.09. The lowest BCUT2D eigenvalue weighted by atomic mass is 10.1. The fourth-order valence-corrected chi connectivity index (χ4v) is 3.09. The van der Waals surface area contributed by atoms with E-state index < -0.39 is 18.0 Å². The Kier molecular flexibility index (Phi) is 6.34. The highest BCUT2D eigenvalue weighted by molar-refractivity contribution is 5.91. The van der Waals surface area contributed by atoms with Crippen molar-refractivity contribution >= 4 is 11.9 Å². The molecule has 0 saturated heterocycles. The SMILES string of the molecule is CCOC(=O)c1cc(C)n(CC(=O)OC(C)c2nnc(-c3ccc(C)cc3)o2)c1C. The van der Waals surface area contributed by atoms with Crippen molar-refractivity contribution in [2.24, 2.45) is 0 Å². The predicted octanol–water partition coefficient (Wildman–Crippen LogP) is 3.94. The van der Waals surface area contributed by atoms with Gasteiger partial charge in [0.15, 0.2) is 6.10 Å². The highest BCUT2D eigenvalue weighted by Gasteiger charge is 2.22. The van der Waals surface area contributed by atoms with E-state index in [4.69, 9.17) is 13.9 Å². The second kappa shape index (κ2) is 8.94. The summed E-state index contributed by atoms with van der Waals surface area (Å²) in [4.78, 5) is 24.5. The molecule has 1 atom stereocenters. The van der Waals surface area contributed by atoms with Gasteiger partial charge in [0.25, 0.3) is 5.89 Å². The van der Waals surface area contributed by atoms with Gasteiger partial charge in [-0.15, -0.1) is 10.2 Å². The molecule has 30 heavy (non-hydrogen) atoms. The minimum Gasteiger partial charge on any atom is -0.462 e. The first-order chi connectivity index (χ1) is 14.3. The zero-order valence-electron chi connectivity index (χ0n) is 17.8. The van der Waals surface area contributed by atoms with Crippen LogP contribution in [0.25, 0.3) is 11.5 Å². The third-order valence-electron chi connectivity index (χ3n) is 4.75. The van der Waals surface area contributed by atoms with Crippen LogP contribution in [0.3, 0.4) is 0 Å². The van der Waals surface area contributed by atoms with E-state index >= 15 is 0 Å². The standard InChI is InChI=1S/C22H25N3O5/c1-6-28-22(27)18-11-14(3)25(15(18)4)12-19(26)29-16(5)20-23-24-21(30-20)17-9-7-13(2)8-10-17/h7-11,16H,6,12H2,1-5H3. The summed E-state index contributed by atoms with van der Waals surface area (Å²) < 4.78 is 17.9.